The van der Waals surface area contributed by atoms with Crippen molar-refractivity contribution in [1.29, 1.82) is 0 Å². The van der Waals surface area contributed by atoms with E-state index in [0.717, 1.165) is 25.7 Å². The fourth-order valence-electron chi connectivity index (χ4n) is 2.83. The summed E-state index contributed by atoms with van der Waals surface area (Å²) in [6.45, 7) is 2.12. The molecule has 0 atom stereocenters. The molecule has 0 unspecified atom stereocenters. The Morgan fingerprint density at radius 1 is 1.36 bits per heavy atom. The molecular formula is C15H21ClN2O3S. The molecule has 1 fully saturated rings. The molecule has 122 valence electrons. The summed E-state index contributed by atoms with van der Waals surface area (Å²) in [6, 6.07) is 6.36. The number of rotatable bonds is 6. The molecule has 1 aliphatic carbocycles. The van der Waals surface area contributed by atoms with Gasteiger partial charge in [-0.25, -0.2) is 13.1 Å². The van der Waals surface area contributed by atoms with Crippen LogP contribution in [-0.4, -0.2) is 38.4 Å². The van der Waals surface area contributed by atoms with Crippen LogP contribution >= 0.6 is 11.6 Å². The van der Waals surface area contributed by atoms with E-state index in [1.165, 1.54) is 19.1 Å². The molecule has 7 heteroatoms. The number of benzene rings is 1. The van der Waals surface area contributed by atoms with Crippen LogP contribution in [0.15, 0.2) is 29.2 Å². The largest absolute Gasteiger partial charge is 0.339 e. The Kier molecular flexibility index (Phi) is 5.83. The van der Waals surface area contributed by atoms with Gasteiger partial charge >= 0.3 is 0 Å². The number of carbonyl (C=O) groups is 1. The topological polar surface area (TPSA) is 66.5 Å². The maximum atomic E-state index is 12.2. The Morgan fingerprint density at radius 2 is 2.05 bits per heavy atom. The zero-order valence-corrected chi connectivity index (χ0v) is 14.2. The van der Waals surface area contributed by atoms with Crippen LogP contribution in [0.2, 0.25) is 5.02 Å². The summed E-state index contributed by atoms with van der Waals surface area (Å²) in [7, 11) is -3.60. The van der Waals surface area contributed by atoms with Gasteiger partial charge in [0.25, 0.3) is 0 Å². The number of halogens is 1. The third-order valence-electron chi connectivity index (χ3n) is 3.92. The number of hydrogen-bond donors (Lipinski definition) is 1. The van der Waals surface area contributed by atoms with E-state index in [1.807, 2.05) is 0 Å². The van der Waals surface area contributed by atoms with Crippen LogP contribution in [0, 0.1) is 0 Å². The third-order valence-corrected chi connectivity index (χ3v) is 5.61. The summed E-state index contributed by atoms with van der Waals surface area (Å²) >= 11 is 5.82. The van der Waals surface area contributed by atoms with Crippen molar-refractivity contribution in [3.05, 3.63) is 29.3 Å². The van der Waals surface area contributed by atoms with Crippen LogP contribution in [0.5, 0.6) is 0 Å². The van der Waals surface area contributed by atoms with Crippen molar-refractivity contribution >= 4 is 27.5 Å². The molecule has 1 aliphatic rings. The van der Waals surface area contributed by atoms with Crippen molar-refractivity contribution in [3.8, 4) is 0 Å². The minimum Gasteiger partial charge on any atom is -0.339 e. The van der Waals surface area contributed by atoms with Crippen LogP contribution in [0.3, 0.4) is 0 Å². The first-order chi connectivity index (χ1) is 10.4. The Labute approximate surface area is 136 Å². The molecule has 5 nitrogen and oxygen atoms in total. The van der Waals surface area contributed by atoms with E-state index >= 15 is 0 Å². The third kappa shape index (κ3) is 4.44. The van der Waals surface area contributed by atoms with Gasteiger partial charge in [-0.05, 0) is 31.0 Å². The van der Waals surface area contributed by atoms with Crippen LogP contribution in [0.4, 0.5) is 0 Å². The molecule has 0 saturated heterocycles. The van der Waals surface area contributed by atoms with Gasteiger partial charge < -0.3 is 4.90 Å². The van der Waals surface area contributed by atoms with E-state index in [9.17, 15) is 13.2 Å². The van der Waals surface area contributed by atoms with Crippen LogP contribution in [0.25, 0.3) is 0 Å². The van der Waals surface area contributed by atoms with E-state index < -0.39 is 10.0 Å². The molecule has 22 heavy (non-hydrogen) atoms. The molecule has 0 heterocycles. The standard InChI is InChI=1S/C15H21ClN2O3S/c1-12(19)18(14-6-2-3-7-14)10-9-17-22(20,21)15-8-4-5-13(16)11-15/h4-5,8,11,14,17H,2-3,6-7,9-10H2,1H3. The highest BCUT2D eigenvalue weighted by atomic mass is 35.5. The van der Waals surface area contributed by atoms with Gasteiger partial charge in [-0.2, -0.15) is 0 Å². The Morgan fingerprint density at radius 3 is 2.64 bits per heavy atom. The maximum Gasteiger partial charge on any atom is 0.240 e. The average molecular weight is 345 g/mol. The van der Waals surface area contributed by atoms with E-state index in [1.54, 1.807) is 17.0 Å². The Bertz CT molecular complexity index is 627. The highest BCUT2D eigenvalue weighted by molar-refractivity contribution is 7.89. The molecule has 0 radical (unpaired) electrons. The predicted octanol–water partition coefficient (Wildman–Crippen LogP) is 2.41. The zero-order chi connectivity index (χ0) is 16.2. The summed E-state index contributed by atoms with van der Waals surface area (Å²) in [5.74, 6) is -0.00569. The van der Waals surface area contributed by atoms with Gasteiger partial charge in [-0.1, -0.05) is 30.5 Å². The molecule has 2 rings (SSSR count). The zero-order valence-electron chi connectivity index (χ0n) is 12.6. The van der Waals surface area contributed by atoms with Crippen LogP contribution in [0.1, 0.15) is 32.6 Å². The van der Waals surface area contributed by atoms with Crippen LogP contribution < -0.4 is 4.72 Å². The number of hydrogen-bond acceptors (Lipinski definition) is 3. The quantitative estimate of drug-likeness (QED) is 0.861. The number of carbonyl (C=O) groups excluding carboxylic acids is 1. The normalized spacial score (nSPS) is 15.9. The first kappa shape index (κ1) is 17.2. The minimum atomic E-state index is -3.60. The van der Waals surface area contributed by atoms with Gasteiger partial charge in [0.2, 0.25) is 15.9 Å². The molecule has 0 bridgehead atoms. The lowest BCUT2D eigenvalue weighted by atomic mass is 10.2. The first-order valence-corrected chi connectivity index (χ1v) is 9.29. The average Bonchev–Trinajstić information content (AvgIpc) is 2.97. The molecular weight excluding hydrogens is 324 g/mol. The molecule has 0 aromatic heterocycles. The summed E-state index contributed by atoms with van der Waals surface area (Å²) < 4.78 is 26.9. The van der Waals surface area contributed by atoms with Gasteiger partial charge in [0.1, 0.15) is 0 Å². The van der Waals surface area contributed by atoms with E-state index in [4.69, 9.17) is 11.6 Å². The lowest BCUT2D eigenvalue weighted by molar-refractivity contribution is -0.130. The Hall–Kier alpha value is -1.11. The highest BCUT2D eigenvalue weighted by Gasteiger charge is 2.24. The first-order valence-electron chi connectivity index (χ1n) is 7.42. The molecule has 0 aliphatic heterocycles. The van der Waals surface area contributed by atoms with Gasteiger partial charge in [0, 0.05) is 31.1 Å². The second-order valence-corrected chi connectivity index (χ2v) is 7.71. The van der Waals surface area contributed by atoms with Gasteiger partial charge in [-0.3, -0.25) is 4.79 Å². The van der Waals surface area contributed by atoms with Crippen molar-refractivity contribution in [3.63, 3.8) is 0 Å². The fourth-order valence-corrected chi connectivity index (χ4v) is 4.15. The number of nitrogens with one attached hydrogen (secondary N) is 1. The lowest BCUT2D eigenvalue weighted by Crippen LogP contribution is -2.42. The van der Waals surface area contributed by atoms with E-state index in [2.05, 4.69) is 4.72 Å². The summed E-state index contributed by atoms with van der Waals surface area (Å²) in [6.07, 6.45) is 4.26. The van der Waals surface area contributed by atoms with Crippen molar-refractivity contribution in [2.24, 2.45) is 0 Å². The second-order valence-electron chi connectivity index (χ2n) is 5.51. The molecule has 1 aromatic carbocycles. The number of sulfonamides is 1. The van der Waals surface area contributed by atoms with Crippen molar-refractivity contribution < 1.29 is 13.2 Å². The molecule has 1 amide bonds. The summed E-state index contributed by atoms with van der Waals surface area (Å²) in [5.41, 5.74) is 0. The van der Waals surface area contributed by atoms with Crippen LogP contribution in [-0.2, 0) is 14.8 Å². The predicted molar refractivity (Wildman–Crippen MR) is 86.3 cm³/mol. The molecule has 1 N–H and O–H groups in total. The van der Waals surface area contributed by atoms with Crippen molar-refractivity contribution in [1.82, 2.24) is 9.62 Å². The van der Waals surface area contributed by atoms with Crippen molar-refractivity contribution in [2.45, 2.75) is 43.5 Å². The molecule has 0 spiro atoms. The smallest absolute Gasteiger partial charge is 0.240 e. The Balaban J connectivity index is 1.95. The second kappa shape index (κ2) is 7.44. The molecule has 1 aromatic rings. The monoisotopic (exact) mass is 344 g/mol. The SMILES string of the molecule is CC(=O)N(CCNS(=O)(=O)c1cccc(Cl)c1)C1CCCC1. The number of nitrogens with zero attached hydrogens (tertiary/aromatic N) is 1. The summed E-state index contributed by atoms with van der Waals surface area (Å²) in [5, 5.41) is 0.374. The number of amides is 1. The highest BCUT2D eigenvalue weighted by Crippen LogP contribution is 2.23. The summed E-state index contributed by atoms with van der Waals surface area (Å²) in [4.78, 5) is 13.6. The maximum absolute atomic E-state index is 12.2. The van der Waals surface area contributed by atoms with Gasteiger partial charge in [-0.15, -0.1) is 0 Å². The minimum absolute atomic E-state index is 0.00569. The van der Waals surface area contributed by atoms with E-state index in [-0.39, 0.29) is 23.4 Å². The fraction of sp³-hybridized carbons (Fsp3) is 0.533. The molecule has 1 saturated carbocycles. The lowest BCUT2D eigenvalue weighted by Gasteiger charge is -2.27. The van der Waals surface area contributed by atoms with Gasteiger partial charge in [0.05, 0.1) is 4.90 Å². The van der Waals surface area contributed by atoms with E-state index in [0.29, 0.717) is 11.6 Å². The van der Waals surface area contributed by atoms with Gasteiger partial charge in [0.15, 0.2) is 0 Å². The van der Waals surface area contributed by atoms with Crippen molar-refractivity contribution in [2.75, 3.05) is 13.1 Å².